The van der Waals surface area contributed by atoms with E-state index in [4.69, 9.17) is 4.74 Å². The first kappa shape index (κ1) is 24.7. The quantitative estimate of drug-likeness (QED) is 0.562. The Kier molecular flexibility index (Phi) is 10.0. The zero-order chi connectivity index (χ0) is 22.8. The third-order valence-corrected chi connectivity index (χ3v) is 7.04. The van der Waals surface area contributed by atoms with Crippen molar-refractivity contribution in [3.8, 4) is 0 Å². The lowest BCUT2D eigenvalue weighted by molar-refractivity contribution is -0.126. The Morgan fingerprint density at radius 3 is 2.31 bits per heavy atom. The Balaban J connectivity index is 1.39. The fourth-order valence-electron chi connectivity index (χ4n) is 4.96. The molecule has 0 aromatic heterocycles. The van der Waals surface area contributed by atoms with Crippen molar-refractivity contribution in [3.63, 3.8) is 0 Å². The summed E-state index contributed by atoms with van der Waals surface area (Å²) in [6, 6.07) is 8.75. The van der Waals surface area contributed by atoms with Gasteiger partial charge in [0.1, 0.15) is 0 Å². The maximum atomic E-state index is 12.9. The topological polar surface area (TPSA) is 61.9 Å². The summed E-state index contributed by atoms with van der Waals surface area (Å²) in [4.78, 5) is 29.8. The Labute approximate surface area is 193 Å². The molecule has 6 nitrogen and oxygen atoms in total. The first-order chi connectivity index (χ1) is 15.6. The van der Waals surface area contributed by atoms with Crippen LogP contribution in [0.3, 0.4) is 0 Å². The largest absolute Gasteiger partial charge is 0.383 e. The van der Waals surface area contributed by atoms with Crippen molar-refractivity contribution in [2.24, 2.45) is 5.92 Å². The number of likely N-dealkylation sites (tertiary alicyclic amines) is 2. The number of ether oxygens (including phenoxy) is 1. The number of rotatable bonds is 10. The van der Waals surface area contributed by atoms with Crippen molar-refractivity contribution < 1.29 is 14.3 Å². The smallest absolute Gasteiger partial charge is 0.253 e. The van der Waals surface area contributed by atoms with Crippen LogP contribution >= 0.6 is 0 Å². The lowest BCUT2D eigenvalue weighted by Crippen LogP contribution is -2.50. The Morgan fingerprint density at radius 2 is 1.69 bits per heavy atom. The van der Waals surface area contributed by atoms with Gasteiger partial charge in [0.05, 0.1) is 6.61 Å². The normalized spacial score (nSPS) is 18.6. The van der Waals surface area contributed by atoms with Gasteiger partial charge < -0.3 is 19.9 Å². The number of carbonyl (C=O) groups is 2. The first-order valence-electron chi connectivity index (χ1n) is 12.5. The highest BCUT2D eigenvalue weighted by Crippen LogP contribution is 2.25. The minimum atomic E-state index is 0.120. The van der Waals surface area contributed by atoms with E-state index >= 15 is 0 Å². The minimum absolute atomic E-state index is 0.120. The number of amides is 2. The molecule has 6 heteroatoms. The zero-order valence-corrected chi connectivity index (χ0v) is 20.0. The predicted molar refractivity (Wildman–Crippen MR) is 128 cm³/mol. The van der Waals surface area contributed by atoms with Gasteiger partial charge in [-0.15, -0.1) is 0 Å². The molecular weight excluding hydrogens is 402 g/mol. The molecule has 32 heavy (non-hydrogen) atoms. The van der Waals surface area contributed by atoms with E-state index in [1.807, 2.05) is 17.0 Å². The molecule has 0 unspecified atom stereocenters. The summed E-state index contributed by atoms with van der Waals surface area (Å²) in [5.74, 6) is 0.447. The number of carbonyl (C=O) groups excluding carboxylic acids is 2. The van der Waals surface area contributed by atoms with Crippen molar-refractivity contribution in [1.82, 2.24) is 15.1 Å². The van der Waals surface area contributed by atoms with Crippen molar-refractivity contribution >= 4 is 11.8 Å². The summed E-state index contributed by atoms with van der Waals surface area (Å²) in [6.07, 6.45) is 8.68. The number of nitrogens with zero attached hydrogens (tertiary/aromatic N) is 2. The van der Waals surface area contributed by atoms with Gasteiger partial charge in [0.25, 0.3) is 5.91 Å². The molecular formula is C26H41N3O3. The number of aryl methyl sites for hydroxylation is 1. The van der Waals surface area contributed by atoms with Crippen LogP contribution in [0.4, 0.5) is 0 Å². The number of nitrogens with one attached hydrogen (secondary N) is 1. The molecule has 1 aromatic carbocycles. The van der Waals surface area contributed by atoms with Crippen molar-refractivity contribution in [2.45, 2.75) is 64.3 Å². The van der Waals surface area contributed by atoms with E-state index in [1.165, 1.54) is 24.8 Å². The van der Waals surface area contributed by atoms with Gasteiger partial charge in [-0.2, -0.15) is 0 Å². The van der Waals surface area contributed by atoms with Gasteiger partial charge in [-0.25, -0.2) is 0 Å². The Bertz CT molecular complexity index is 706. The molecule has 3 rings (SSSR count). The summed E-state index contributed by atoms with van der Waals surface area (Å²) >= 11 is 0. The first-order valence-corrected chi connectivity index (χ1v) is 12.5. The van der Waals surface area contributed by atoms with E-state index in [2.05, 4.69) is 29.3 Å². The van der Waals surface area contributed by atoms with Crippen LogP contribution < -0.4 is 5.32 Å². The number of hydrogen-bond acceptors (Lipinski definition) is 4. The fraction of sp³-hybridized carbons (Fsp3) is 0.692. The molecule has 2 heterocycles. The van der Waals surface area contributed by atoms with E-state index < -0.39 is 0 Å². The molecule has 2 aliphatic rings. The SMILES string of the molecule is CCCCCc1ccc(C(=O)N2CCC(N3CCC(C(=O)NCCOC)CC3)CC2)cc1. The molecule has 178 valence electrons. The highest BCUT2D eigenvalue weighted by molar-refractivity contribution is 5.94. The van der Waals surface area contributed by atoms with Crippen molar-refractivity contribution in [2.75, 3.05) is 46.4 Å². The van der Waals surface area contributed by atoms with Crippen LogP contribution in [0.25, 0.3) is 0 Å². The third-order valence-electron chi connectivity index (χ3n) is 7.04. The predicted octanol–water partition coefficient (Wildman–Crippen LogP) is 3.50. The number of methoxy groups -OCH3 is 1. The molecule has 1 aromatic rings. The standard InChI is InChI=1S/C26H41N3O3/c1-3-4-5-6-21-7-9-23(10-8-21)26(31)29-18-13-24(14-19-29)28-16-11-22(12-17-28)25(30)27-15-20-32-2/h7-10,22,24H,3-6,11-20H2,1-2H3,(H,27,30). The molecule has 1 N–H and O–H groups in total. The summed E-state index contributed by atoms with van der Waals surface area (Å²) in [5, 5.41) is 2.97. The second-order valence-corrected chi connectivity index (χ2v) is 9.27. The summed E-state index contributed by atoms with van der Waals surface area (Å²) in [7, 11) is 1.65. The molecule has 2 fully saturated rings. The van der Waals surface area contributed by atoms with Gasteiger partial charge in [0.15, 0.2) is 0 Å². The van der Waals surface area contributed by atoms with Gasteiger partial charge in [-0.3, -0.25) is 9.59 Å². The van der Waals surface area contributed by atoms with Gasteiger partial charge >= 0.3 is 0 Å². The van der Waals surface area contributed by atoms with E-state index in [-0.39, 0.29) is 17.7 Å². The zero-order valence-electron chi connectivity index (χ0n) is 20.0. The van der Waals surface area contributed by atoms with E-state index in [0.29, 0.717) is 19.2 Å². The van der Waals surface area contributed by atoms with Crippen LogP contribution in [-0.2, 0) is 16.0 Å². The Morgan fingerprint density at radius 1 is 1.00 bits per heavy atom. The van der Waals surface area contributed by atoms with E-state index in [9.17, 15) is 9.59 Å². The second kappa shape index (κ2) is 12.9. The van der Waals surface area contributed by atoms with Gasteiger partial charge in [-0.05, 0) is 69.3 Å². The fourth-order valence-corrected chi connectivity index (χ4v) is 4.96. The van der Waals surface area contributed by atoms with Gasteiger partial charge in [0.2, 0.25) is 5.91 Å². The van der Waals surface area contributed by atoms with Gasteiger partial charge in [0, 0.05) is 44.3 Å². The minimum Gasteiger partial charge on any atom is -0.383 e. The highest BCUT2D eigenvalue weighted by Gasteiger charge is 2.31. The van der Waals surface area contributed by atoms with Crippen molar-refractivity contribution in [3.05, 3.63) is 35.4 Å². The number of unbranched alkanes of at least 4 members (excludes halogenated alkanes) is 2. The average Bonchev–Trinajstić information content (AvgIpc) is 2.84. The lowest BCUT2D eigenvalue weighted by atomic mass is 9.92. The maximum absolute atomic E-state index is 12.9. The molecule has 0 spiro atoms. The molecule has 0 bridgehead atoms. The van der Waals surface area contributed by atoms with Crippen LogP contribution in [0.15, 0.2) is 24.3 Å². The number of benzene rings is 1. The van der Waals surface area contributed by atoms with Crippen molar-refractivity contribution in [1.29, 1.82) is 0 Å². The van der Waals surface area contributed by atoms with E-state index in [0.717, 1.165) is 63.8 Å². The average molecular weight is 444 g/mol. The molecule has 2 saturated heterocycles. The molecule has 0 atom stereocenters. The van der Waals surface area contributed by atoms with Crippen LogP contribution in [0, 0.1) is 5.92 Å². The summed E-state index contributed by atoms with van der Waals surface area (Å²) in [5.41, 5.74) is 2.13. The van der Waals surface area contributed by atoms with Crippen LogP contribution in [-0.4, -0.2) is 74.1 Å². The Hall–Kier alpha value is -1.92. The van der Waals surface area contributed by atoms with Crippen LogP contribution in [0.5, 0.6) is 0 Å². The number of hydrogen-bond donors (Lipinski definition) is 1. The molecule has 0 saturated carbocycles. The monoisotopic (exact) mass is 443 g/mol. The summed E-state index contributed by atoms with van der Waals surface area (Å²) < 4.78 is 5.00. The molecule has 0 aliphatic carbocycles. The number of piperidine rings is 2. The third kappa shape index (κ3) is 7.04. The second-order valence-electron chi connectivity index (χ2n) is 9.27. The summed E-state index contributed by atoms with van der Waals surface area (Å²) in [6.45, 7) is 6.95. The lowest BCUT2D eigenvalue weighted by Gasteiger charge is -2.41. The van der Waals surface area contributed by atoms with Crippen LogP contribution in [0.1, 0.15) is 67.8 Å². The molecule has 2 aliphatic heterocycles. The highest BCUT2D eigenvalue weighted by atomic mass is 16.5. The van der Waals surface area contributed by atoms with Crippen LogP contribution in [0.2, 0.25) is 0 Å². The maximum Gasteiger partial charge on any atom is 0.253 e. The molecule has 0 radical (unpaired) electrons. The van der Waals surface area contributed by atoms with E-state index in [1.54, 1.807) is 7.11 Å². The van der Waals surface area contributed by atoms with Gasteiger partial charge in [-0.1, -0.05) is 31.9 Å². The molecule has 2 amide bonds.